The van der Waals surface area contributed by atoms with E-state index in [4.69, 9.17) is 5.26 Å². The summed E-state index contributed by atoms with van der Waals surface area (Å²) in [5.41, 5.74) is 0.705. The van der Waals surface area contributed by atoms with Gasteiger partial charge in [-0.1, -0.05) is 0 Å². The Hall–Kier alpha value is -1.40. The monoisotopic (exact) mass is 160 g/mol. The van der Waals surface area contributed by atoms with Crippen LogP contribution in [0.1, 0.15) is 5.56 Å². The van der Waals surface area contributed by atoms with Gasteiger partial charge in [0.1, 0.15) is 4.83 Å². The van der Waals surface area contributed by atoms with E-state index >= 15 is 0 Å². The van der Waals surface area contributed by atoms with Crippen LogP contribution in [-0.2, 0) is 0 Å². The summed E-state index contributed by atoms with van der Waals surface area (Å²) >= 11 is 1.55. The van der Waals surface area contributed by atoms with E-state index in [2.05, 4.69) is 11.1 Å². The molecular weight excluding hydrogens is 156 g/mol. The number of pyridine rings is 1. The molecule has 2 aromatic rings. The highest BCUT2D eigenvalue weighted by Crippen LogP contribution is 2.20. The normalized spacial score (nSPS) is 9.73. The molecular formula is C8H4N2S. The van der Waals surface area contributed by atoms with E-state index < -0.39 is 0 Å². The maximum absolute atomic E-state index is 8.68. The minimum Gasteiger partial charge on any atom is -0.245 e. The molecule has 0 aliphatic heterocycles. The van der Waals surface area contributed by atoms with Gasteiger partial charge in [-0.3, -0.25) is 0 Å². The van der Waals surface area contributed by atoms with Crippen molar-refractivity contribution < 1.29 is 0 Å². The first kappa shape index (κ1) is 6.32. The molecule has 0 aliphatic carbocycles. The van der Waals surface area contributed by atoms with Crippen molar-refractivity contribution in [1.29, 1.82) is 5.26 Å². The van der Waals surface area contributed by atoms with Gasteiger partial charge in [0.2, 0.25) is 0 Å². The van der Waals surface area contributed by atoms with Crippen molar-refractivity contribution in [2.24, 2.45) is 0 Å². The van der Waals surface area contributed by atoms with Crippen LogP contribution in [0.4, 0.5) is 0 Å². The average Bonchev–Trinajstić information content (AvgIpc) is 2.50. The molecule has 0 unspecified atom stereocenters. The third-order valence-electron chi connectivity index (χ3n) is 1.49. The molecule has 2 rings (SSSR count). The van der Waals surface area contributed by atoms with E-state index in [1.165, 1.54) is 0 Å². The molecule has 0 amide bonds. The van der Waals surface area contributed by atoms with Crippen LogP contribution in [0.3, 0.4) is 0 Å². The summed E-state index contributed by atoms with van der Waals surface area (Å²) in [5, 5.41) is 11.6. The maximum atomic E-state index is 8.68. The maximum Gasteiger partial charge on any atom is 0.124 e. The van der Waals surface area contributed by atoms with Gasteiger partial charge in [-0.25, -0.2) is 4.98 Å². The van der Waals surface area contributed by atoms with Crippen molar-refractivity contribution in [1.82, 2.24) is 4.98 Å². The summed E-state index contributed by atoms with van der Waals surface area (Å²) in [5.74, 6) is 0. The molecule has 0 spiro atoms. The summed E-state index contributed by atoms with van der Waals surface area (Å²) < 4.78 is 0. The number of hydrogen-bond acceptors (Lipinski definition) is 3. The smallest absolute Gasteiger partial charge is 0.124 e. The minimum absolute atomic E-state index is 0.705. The fraction of sp³-hybridized carbons (Fsp3) is 0. The lowest BCUT2D eigenvalue weighted by Gasteiger charge is -1.88. The van der Waals surface area contributed by atoms with Crippen molar-refractivity contribution in [2.75, 3.05) is 0 Å². The number of nitriles is 1. The van der Waals surface area contributed by atoms with E-state index in [1.807, 2.05) is 11.4 Å². The highest BCUT2D eigenvalue weighted by Gasteiger charge is 1.99. The van der Waals surface area contributed by atoms with Gasteiger partial charge < -0.3 is 0 Å². The van der Waals surface area contributed by atoms with Crippen LogP contribution in [0, 0.1) is 11.3 Å². The molecule has 0 fully saturated rings. The number of fused-ring (bicyclic) bond motifs is 1. The SMILES string of the molecule is N#Cc1ccnc2sccc12. The molecule has 0 N–H and O–H groups in total. The molecule has 0 saturated carbocycles. The zero-order valence-corrected chi connectivity index (χ0v) is 6.43. The summed E-state index contributed by atoms with van der Waals surface area (Å²) in [4.78, 5) is 5.05. The molecule has 52 valence electrons. The van der Waals surface area contributed by atoms with Crippen molar-refractivity contribution in [3.05, 3.63) is 29.3 Å². The standard InChI is InChI=1S/C8H4N2S/c9-5-6-1-3-10-8-7(6)2-4-11-8/h1-4H. The van der Waals surface area contributed by atoms with Gasteiger partial charge in [0.05, 0.1) is 11.6 Å². The van der Waals surface area contributed by atoms with Crippen LogP contribution in [0.5, 0.6) is 0 Å². The number of nitrogens with zero attached hydrogens (tertiary/aromatic N) is 2. The quantitative estimate of drug-likeness (QED) is 0.592. The predicted octanol–water partition coefficient (Wildman–Crippen LogP) is 2.17. The Morgan fingerprint density at radius 3 is 3.18 bits per heavy atom. The van der Waals surface area contributed by atoms with E-state index in [0.717, 1.165) is 10.2 Å². The van der Waals surface area contributed by atoms with Crippen LogP contribution >= 0.6 is 11.3 Å². The Kier molecular flexibility index (Phi) is 1.34. The van der Waals surface area contributed by atoms with E-state index in [9.17, 15) is 0 Å². The Balaban J connectivity index is 2.92. The Morgan fingerprint density at radius 2 is 2.36 bits per heavy atom. The number of rotatable bonds is 0. The highest BCUT2D eigenvalue weighted by atomic mass is 32.1. The van der Waals surface area contributed by atoms with Crippen molar-refractivity contribution in [3.8, 4) is 6.07 Å². The minimum atomic E-state index is 0.705. The van der Waals surface area contributed by atoms with Crippen LogP contribution in [0.15, 0.2) is 23.7 Å². The second-order valence-corrected chi connectivity index (χ2v) is 3.00. The second-order valence-electron chi connectivity index (χ2n) is 2.11. The van der Waals surface area contributed by atoms with Gasteiger partial charge in [0.25, 0.3) is 0 Å². The Bertz CT molecular complexity index is 425. The fourth-order valence-electron chi connectivity index (χ4n) is 0.973. The molecule has 0 aliphatic rings. The topological polar surface area (TPSA) is 36.7 Å². The lowest BCUT2D eigenvalue weighted by Crippen LogP contribution is -1.76. The van der Waals surface area contributed by atoms with Crippen molar-refractivity contribution in [2.45, 2.75) is 0 Å². The largest absolute Gasteiger partial charge is 0.245 e. The first-order valence-electron chi connectivity index (χ1n) is 3.14. The van der Waals surface area contributed by atoms with Crippen LogP contribution < -0.4 is 0 Å². The molecule has 3 heteroatoms. The molecule has 11 heavy (non-hydrogen) atoms. The Labute approximate surface area is 67.7 Å². The summed E-state index contributed by atoms with van der Waals surface area (Å²) in [6.07, 6.45) is 1.66. The first-order chi connectivity index (χ1) is 5.42. The van der Waals surface area contributed by atoms with E-state index in [0.29, 0.717) is 5.56 Å². The van der Waals surface area contributed by atoms with Gasteiger partial charge in [-0.05, 0) is 17.5 Å². The van der Waals surface area contributed by atoms with Gasteiger partial charge in [-0.15, -0.1) is 11.3 Å². The number of thiophene rings is 1. The van der Waals surface area contributed by atoms with Gasteiger partial charge >= 0.3 is 0 Å². The number of aromatic nitrogens is 1. The van der Waals surface area contributed by atoms with Crippen LogP contribution in [-0.4, -0.2) is 4.98 Å². The average molecular weight is 160 g/mol. The molecule has 0 radical (unpaired) electrons. The molecule has 2 nitrogen and oxygen atoms in total. The Morgan fingerprint density at radius 1 is 1.45 bits per heavy atom. The molecule has 0 aromatic carbocycles. The third kappa shape index (κ3) is 0.883. The van der Waals surface area contributed by atoms with Crippen LogP contribution in [0.25, 0.3) is 10.2 Å². The second kappa shape index (κ2) is 2.33. The number of hydrogen-bond donors (Lipinski definition) is 0. The van der Waals surface area contributed by atoms with Crippen molar-refractivity contribution >= 4 is 21.6 Å². The predicted molar refractivity (Wildman–Crippen MR) is 44.3 cm³/mol. The summed E-state index contributed by atoms with van der Waals surface area (Å²) in [6, 6.07) is 5.78. The van der Waals surface area contributed by atoms with Crippen molar-refractivity contribution in [3.63, 3.8) is 0 Å². The summed E-state index contributed by atoms with van der Waals surface area (Å²) in [7, 11) is 0. The molecule has 0 bridgehead atoms. The lowest BCUT2D eigenvalue weighted by molar-refractivity contribution is 1.42. The zero-order valence-electron chi connectivity index (χ0n) is 5.61. The molecule has 2 heterocycles. The molecule has 0 atom stereocenters. The van der Waals surface area contributed by atoms with Gasteiger partial charge in [0.15, 0.2) is 0 Å². The summed E-state index contributed by atoms with van der Waals surface area (Å²) in [6.45, 7) is 0. The fourth-order valence-corrected chi connectivity index (χ4v) is 1.73. The molecule has 0 saturated heterocycles. The lowest BCUT2D eigenvalue weighted by atomic mass is 10.2. The molecule has 2 aromatic heterocycles. The highest BCUT2D eigenvalue weighted by molar-refractivity contribution is 7.16. The van der Waals surface area contributed by atoms with Gasteiger partial charge in [-0.2, -0.15) is 5.26 Å². The van der Waals surface area contributed by atoms with E-state index in [1.54, 1.807) is 23.6 Å². The first-order valence-corrected chi connectivity index (χ1v) is 4.02. The zero-order chi connectivity index (χ0) is 7.68. The third-order valence-corrected chi connectivity index (χ3v) is 2.31. The van der Waals surface area contributed by atoms with Crippen LogP contribution in [0.2, 0.25) is 0 Å². The van der Waals surface area contributed by atoms with Gasteiger partial charge in [0, 0.05) is 11.6 Å². The van der Waals surface area contributed by atoms with E-state index in [-0.39, 0.29) is 0 Å².